The topological polar surface area (TPSA) is 37.4 Å². The number of carbonyl (C=O) groups is 2. The van der Waals surface area contributed by atoms with Gasteiger partial charge < -0.3 is 4.90 Å². The van der Waals surface area contributed by atoms with E-state index in [1.54, 1.807) is 0 Å². The molecular formula is C20H21NO2. The van der Waals surface area contributed by atoms with E-state index < -0.39 is 0 Å². The predicted molar refractivity (Wildman–Crippen MR) is 90.1 cm³/mol. The highest BCUT2D eigenvalue weighted by molar-refractivity contribution is 6.01. The Morgan fingerprint density at radius 2 is 1.78 bits per heavy atom. The van der Waals surface area contributed by atoms with Crippen LogP contribution in [0.25, 0.3) is 0 Å². The Kier molecular flexibility index (Phi) is 4.56. The Labute approximate surface area is 136 Å². The highest BCUT2D eigenvalue weighted by atomic mass is 16.2. The number of Topliss-reactive ketones (excluding diaryl/α,β-unsaturated/α-hetero) is 1. The first kappa shape index (κ1) is 15.5. The number of piperidine rings is 1. The highest BCUT2D eigenvalue weighted by Crippen LogP contribution is 2.25. The van der Waals surface area contributed by atoms with Crippen LogP contribution in [0.3, 0.4) is 0 Å². The van der Waals surface area contributed by atoms with Gasteiger partial charge >= 0.3 is 0 Å². The summed E-state index contributed by atoms with van der Waals surface area (Å²) in [5.74, 6) is -0.00142. The van der Waals surface area contributed by atoms with Gasteiger partial charge in [-0.15, -0.1) is 0 Å². The molecular weight excluding hydrogens is 286 g/mol. The Morgan fingerprint density at radius 1 is 1.09 bits per heavy atom. The average molecular weight is 307 g/mol. The van der Waals surface area contributed by atoms with Gasteiger partial charge in [0.25, 0.3) is 0 Å². The molecule has 0 radical (unpaired) electrons. The number of ketones is 1. The molecule has 0 aromatic heterocycles. The summed E-state index contributed by atoms with van der Waals surface area (Å²) in [6.07, 6.45) is 1.06. The van der Waals surface area contributed by atoms with Gasteiger partial charge in [0.1, 0.15) is 0 Å². The van der Waals surface area contributed by atoms with Crippen molar-refractivity contribution in [3.63, 3.8) is 0 Å². The third-order valence-electron chi connectivity index (χ3n) is 4.52. The second-order valence-corrected chi connectivity index (χ2v) is 6.17. The van der Waals surface area contributed by atoms with E-state index in [-0.39, 0.29) is 17.6 Å². The lowest BCUT2D eigenvalue weighted by Gasteiger charge is -2.31. The third-order valence-corrected chi connectivity index (χ3v) is 4.52. The van der Waals surface area contributed by atoms with Crippen LogP contribution in [0.5, 0.6) is 0 Å². The maximum atomic E-state index is 12.7. The summed E-state index contributed by atoms with van der Waals surface area (Å²) in [5.41, 5.74) is 2.86. The van der Waals surface area contributed by atoms with Gasteiger partial charge in [-0.1, -0.05) is 54.6 Å². The molecule has 23 heavy (non-hydrogen) atoms. The number of aryl methyl sites for hydroxylation is 1. The fourth-order valence-electron chi connectivity index (χ4n) is 3.14. The first-order valence-corrected chi connectivity index (χ1v) is 8.06. The number of benzene rings is 2. The van der Waals surface area contributed by atoms with Crippen molar-refractivity contribution in [1.29, 1.82) is 0 Å². The Morgan fingerprint density at radius 3 is 2.48 bits per heavy atom. The van der Waals surface area contributed by atoms with Crippen LogP contribution < -0.4 is 0 Å². The first-order valence-electron chi connectivity index (χ1n) is 8.06. The minimum atomic E-state index is -0.185. The van der Waals surface area contributed by atoms with Crippen molar-refractivity contribution < 1.29 is 9.59 Å². The van der Waals surface area contributed by atoms with Gasteiger partial charge in [-0.2, -0.15) is 0 Å². The van der Waals surface area contributed by atoms with Crippen molar-refractivity contribution in [2.75, 3.05) is 6.54 Å². The molecule has 2 aromatic carbocycles. The van der Waals surface area contributed by atoms with E-state index in [0.29, 0.717) is 19.5 Å². The number of hydrogen-bond acceptors (Lipinski definition) is 2. The summed E-state index contributed by atoms with van der Waals surface area (Å²) in [5, 5.41) is 0. The van der Waals surface area contributed by atoms with Crippen LogP contribution >= 0.6 is 0 Å². The predicted octanol–water partition coefficient (Wildman–Crippen LogP) is 3.62. The van der Waals surface area contributed by atoms with Crippen LogP contribution in [0, 0.1) is 12.8 Å². The van der Waals surface area contributed by atoms with Crippen molar-refractivity contribution in [2.45, 2.75) is 26.3 Å². The van der Waals surface area contributed by atoms with Crippen molar-refractivity contribution in [2.24, 2.45) is 5.92 Å². The van der Waals surface area contributed by atoms with Crippen LogP contribution in [0.1, 0.15) is 34.3 Å². The summed E-state index contributed by atoms with van der Waals surface area (Å²) in [4.78, 5) is 26.9. The molecule has 1 atom stereocenters. The second kappa shape index (κ2) is 6.78. The molecule has 3 heteroatoms. The van der Waals surface area contributed by atoms with Gasteiger partial charge in [0.05, 0.1) is 0 Å². The number of amides is 1. The van der Waals surface area contributed by atoms with Crippen molar-refractivity contribution >= 4 is 11.7 Å². The van der Waals surface area contributed by atoms with E-state index in [9.17, 15) is 9.59 Å². The molecule has 3 nitrogen and oxygen atoms in total. The summed E-state index contributed by atoms with van der Waals surface area (Å²) in [6.45, 7) is 3.22. The van der Waals surface area contributed by atoms with Gasteiger partial charge in [0.2, 0.25) is 5.91 Å². The van der Waals surface area contributed by atoms with Gasteiger partial charge in [-0.05, 0) is 24.5 Å². The molecule has 0 aliphatic carbocycles. The molecule has 2 aromatic rings. The maximum absolute atomic E-state index is 12.7. The number of nitrogens with zero attached hydrogens (tertiary/aromatic N) is 1. The molecule has 1 fully saturated rings. The van der Waals surface area contributed by atoms with Gasteiger partial charge in [0, 0.05) is 31.0 Å². The minimum absolute atomic E-state index is 0.0760. The molecule has 1 amide bonds. The quantitative estimate of drug-likeness (QED) is 0.809. The zero-order valence-corrected chi connectivity index (χ0v) is 13.4. The van der Waals surface area contributed by atoms with Crippen molar-refractivity contribution in [3.05, 3.63) is 71.3 Å². The zero-order valence-electron chi connectivity index (χ0n) is 13.4. The van der Waals surface area contributed by atoms with Crippen LogP contribution in [0.2, 0.25) is 0 Å². The molecule has 0 spiro atoms. The van der Waals surface area contributed by atoms with Crippen LogP contribution in [-0.2, 0) is 11.3 Å². The Balaban J connectivity index is 1.66. The minimum Gasteiger partial charge on any atom is -0.338 e. The molecule has 1 unspecified atom stereocenters. The summed E-state index contributed by atoms with van der Waals surface area (Å²) >= 11 is 0. The number of rotatable bonds is 4. The van der Waals surface area contributed by atoms with E-state index in [1.165, 1.54) is 0 Å². The first-order chi connectivity index (χ1) is 11.1. The van der Waals surface area contributed by atoms with E-state index >= 15 is 0 Å². The number of carbonyl (C=O) groups excluding carboxylic acids is 2. The Bertz CT molecular complexity index is 709. The second-order valence-electron chi connectivity index (χ2n) is 6.17. The van der Waals surface area contributed by atoms with Crippen LogP contribution in [0.15, 0.2) is 54.6 Å². The standard InChI is InChI=1S/C20H21NO2/c1-15-7-5-6-10-18(15)20(23)17-11-12-21(19(22)13-17)14-16-8-3-2-4-9-16/h2-10,17H,11-14H2,1H3. The van der Waals surface area contributed by atoms with Crippen molar-refractivity contribution in [3.8, 4) is 0 Å². The van der Waals surface area contributed by atoms with Gasteiger partial charge in [-0.3, -0.25) is 9.59 Å². The molecule has 1 aliphatic rings. The molecule has 0 saturated carbocycles. The number of likely N-dealkylation sites (tertiary alicyclic amines) is 1. The fourth-order valence-corrected chi connectivity index (χ4v) is 3.14. The lowest BCUT2D eigenvalue weighted by atomic mass is 9.87. The SMILES string of the molecule is Cc1ccccc1C(=O)C1CCN(Cc2ccccc2)C(=O)C1. The van der Waals surface area contributed by atoms with Crippen LogP contribution in [-0.4, -0.2) is 23.1 Å². The largest absolute Gasteiger partial charge is 0.338 e. The third kappa shape index (κ3) is 3.50. The Hall–Kier alpha value is -2.42. The summed E-state index contributed by atoms with van der Waals surface area (Å²) < 4.78 is 0. The van der Waals surface area contributed by atoms with Gasteiger partial charge in [-0.25, -0.2) is 0 Å². The normalized spacial score (nSPS) is 18.0. The highest BCUT2D eigenvalue weighted by Gasteiger charge is 2.31. The average Bonchev–Trinajstić information content (AvgIpc) is 2.57. The monoisotopic (exact) mass is 307 g/mol. The lowest BCUT2D eigenvalue weighted by Crippen LogP contribution is -2.40. The molecule has 118 valence electrons. The molecule has 0 N–H and O–H groups in total. The van der Waals surface area contributed by atoms with E-state index in [4.69, 9.17) is 0 Å². The van der Waals surface area contributed by atoms with E-state index in [2.05, 4.69) is 0 Å². The van der Waals surface area contributed by atoms with Crippen LogP contribution in [0.4, 0.5) is 0 Å². The van der Waals surface area contributed by atoms with Gasteiger partial charge in [0.15, 0.2) is 5.78 Å². The molecule has 1 heterocycles. The zero-order chi connectivity index (χ0) is 16.2. The number of hydrogen-bond donors (Lipinski definition) is 0. The van der Waals surface area contributed by atoms with E-state index in [0.717, 1.165) is 23.1 Å². The van der Waals surface area contributed by atoms with Crippen molar-refractivity contribution in [1.82, 2.24) is 4.90 Å². The smallest absolute Gasteiger partial charge is 0.223 e. The molecule has 3 rings (SSSR count). The summed E-state index contributed by atoms with van der Waals surface area (Å²) in [7, 11) is 0. The maximum Gasteiger partial charge on any atom is 0.223 e. The fraction of sp³-hybridized carbons (Fsp3) is 0.300. The molecule has 1 aliphatic heterocycles. The lowest BCUT2D eigenvalue weighted by molar-refractivity contribution is -0.135. The van der Waals surface area contributed by atoms with E-state index in [1.807, 2.05) is 66.4 Å². The molecule has 1 saturated heterocycles. The molecule has 0 bridgehead atoms. The summed E-state index contributed by atoms with van der Waals surface area (Å²) in [6, 6.07) is 17.6.